The maximum absolute atomic E-state index is 12.0. The fourth-order valence-electron chi connectivity index (χ4n) is 1.61. The minimum absolute atomic E-state index is 0.232. The zero-order valence-corrected chi connectivity index (χ0v) is 11.3. The van der Waals surface area contributed by atoms with Crippen LogP contribution >= 0.6 is 15.9 Å². The summed E-state index contributed by atoms with van der Waals surface area (Å²) in [6.45, 7) is 0.466. The van der Waals surface area contributed by atoms with Crippen LogP contribution < -0.4 is 5.69 Å². The first-order valence-electron chi connectivity index (χ1n) is 5.34. The van der Waals surface area contributed by atoms with Crippen molar-refractivity contribution in [2.45, 2.75) is 6.54 Å². The number of aromatic nitrogens is 2. The van der Waals surface area contributed by atoms with Crippen molar-refractivity contribution in [1.29, 1.82) is 0 Å². The Morgan fingerprint density at radius 3 is 2.72 bits per heavy atom. The van der Waals surface area contributed by atoms with Crippen LogP contribution in [0.15, 0.2) is 39.7 Å². The van der Waals surface area contributed by atoms with Gasteiger partial charge in [-0.25, -0.2) is 4.79 Å². The molecular formula is C12H12BrN3O2. The molecule has 0 unspecified atom stereocenters. The Bertz CT molecular complexity index is 618. The molecule has 0 bridgehead atoms. The van der Waals surface area contributed by atoms with E-state index in [2.05, 4.69) is 25.9 Å². The van der Waals surface area contributed by atoms with E-state index in [0.29, 0.717) is 6.54 Å². The zero-order chi connectivity index (χ0) is 13.1. The monoisotopic (exact) mass is 309 g/mol. The number of hydrogen-bond acceptors (Lipinski definition) is 2. The quantitative estimate of drug-likeness (QED) is 0.906. The predicted octanol–water partition coefficient (Wildman–Crippen LogP) is 1.74. The summed E-state index contributed by atoms with van der Waals surface area (Å²) in [6.07, 6.45) is 1.38. The number of halogens is 1. The van der Waals surface area contributed by atoms with Crippen LogP contribution in [0.1, 0.15) is 16.1 Å². The minimum Gasteiger partial charge on any atom is -0.336 e. The van der Waals surface area contributed by atoms with E-state index in [0.717, 1.165) is 10.0 Å². The molecule has 0 aliphatic carbocycles. The van der Waals surface area contributed by atoms with Crippen LogP contribution in [0.5, 0.6) is 0 Å². The number of carbonyl (C=O) groups is 1. The molecule has 0 saturated heterocycles. The third kappa shape index (κ3) is 2.70. The molecule has 2 rings (SSSR count). The summed E-state index contributed by atoms with van der Waals surface area (Å²) in [5, 5.41) is 0. The molecular weight excluding hydrogens is 298 g/mol. The van der Waals surface area contributed by atoms with E-state index in [1.807, 2.05) is 24.3 Å². The third-order valence-corrected chi connectivity index (χ3v) is 3.31. The highest BCUT2D eigenvalue weighted by molar-refractivity contribution is 9.10. The molecule has 0 fully saturated rings. The number of aromatic amines is 2. The number of carbonyl (C=O) groups excluding carboxylic acids is 1. The number of rotatable bonds is 3. The van der Waals surface area contributed by atoms with Crippen LogP contribution in [0.4, 0.5) is 0 Å². The van der Waals surface area contributed by atoms with Crippen LogP contribution in [0.3, 0.4) is 0 Å². The molecule has 1 amide bonds. The summed E-state index contributed by atoms with van der Waals surface area (Å²) in [7, 11) is 1.69. The number of imidazole rings is 1. The lowest BCUT2D eigenvalue weighted by molar-refractivity contribution is 0.0779. The van der Waals surface area contributed by atoms with Crippen molar-refractivity contribution < 1.29 is 4.79 Å². The second kappa shape index (κ2) is 5.22. The van der Waals surface area contributed by atoms with Gasteiger partial charge in [0.05, 0.1) is 0 Å². The van der Waals surface area contributed by atoms with Gasteiger partial charge < -0.3 is 14.9 Å². The summed E-state index contributed by atoms with van der Waals surface area (Å²) in [5.74, 6) is -0.232. The van der Waals surface area contributed by atoms with Crippen LogP contribution in [0.25, 0.3) is 0 Å². The van der Waals surface area contributed by atoms with Gasteiger partial charge in [0, 0.05) is 24.3 Å². The summed E-state index contributed by atoms with van der Waals surface area (Å²) in [5.41, 5.74) is 0.883. The zero-order valence-electron chi connectivity index (χ0n) is 9.74. The molecule has 0 spiro atoms. The number of nitrogens with one attached hydrogen (secondary N) is 2. The second-order valence-corrected chi connectivity index (χ2v) is 4.76. The van der Waals surface area contributed by atoms with E-state index in [-0.39, 0.29) is 17.3 Å². The minimum atomic E-state index is -0.382. The second-order valence-electron chi connectivity index (χ2n) is 3.91. The van der Waals surface area contributed by atoms with Crippen molar-refractivity contribution in [3.8, 4) is 0 Å². The first-order valence-corrected chi connectivity index (χ1v) is 6.14. The Hall–Kier alpha value is -1.82. The number of nitrogens with zero attached hydrogens (tertiary/aromatic N) is 1. The normalized spacial score (nSPS) is 10.3. The summed E-state index contributed by atoms with van der Waals surface area (Å²) < 4.78 is 0.951. The maximum atomic E-state index is 12.0. The molecule has 2 N–H and O–H groups in total. The molecule has 1 aromatic heterocycles. The van der Waals surface area contributed by atoms with Crippen LogP contribution in [0, 0.1) is 0 Å². The number of hydrogen-bond donors (Lipinski definition) is 2. The Morgan fingerprint density at radius 2 is 2.11 bits per heavy atom. The fourth-order valence-corrected chi connectivity index (χ4v) is 2.02. The number of H-pyrrole nitrogens is 2. The molecule has 0 radical (unpaired) electrons. The summed E-state index contributed by atoms with van der Waals surface area (Å²) >= 11 is 3.43. The Balaban J connectivity index is 2.13. The highest BCUT2D eigenvalue weighted by Crippen LogP contribution is 2.17. The molecule has 6 heteroatoms. The van der Waals surface area contributed by atoms with Crippen LogP contribution in [-0.4, -0.2) is 27.8 Å². The van der Waals surface area contributed by atoms with Gasteiger partial charge in [-0.2, -0.15) is 0 Å². The van der Waals surface area contributed by atoms with Gasteiger partial charge in [0.25, 0.3) is 5.91 Å². The van der Waals surface area contributed by atoms with E-state index in [1.165, 1.54) is 6.20 Å². The summed E-state index contributed by atoms with van der Waals surface area (Å²) in [6, 6.07) is 7.69. The first-order chi connectivity index (χ1) is 8.58. The standard InChI is InChI=1S/C12H12BrN3O2/c1-16(7-8-4-2-3-5-9(8)13)11(17)10-6-14-12(18)15-10/h2-6H,7H2,1H3,(H2,14,15,18). The molecule has 0 aliphatic heterocycles. The lowest BCUT2D eigenvalue weighted by Gasteiger charge is -2.17. The van der Waals surface area contributed by atoms with Crippen molar-refractivity contribution >= 4 is 21.8 Å². The van der Waals surface area contributed by atoms with Gasteiger partial charge in [0.2, 0.25) is 0 Å². The lowest BCUT2D eigenvalue weighted by Crippen LogP contribution is -2.27. The van der Waals surface area contributed by atoms with Crippen molar-refractivity contribution in [2.75, 3.05) is 7.05 Å². The van der Waals surface area contributed by atoms with Gasteiger partial charge in [0.1, 0.15) is 5.69 Å². The molecule has 2 aromatic rings. The van der Waals surface area contributed by atoms with E-state index in [1.54, 1.807) is 11.9 Å². The molecule has 0 aliphatic rings. The first kappa shape index (κ1) is 12.6. The van der Waals surface area contributed by atoms with Gasteiger partial charge in [-0.3, -0.25) is 4.79 Å². The van der Waals surface area contributed by atoms with Crippen molar-refractivity contribution in [2.24, 2.45) is 0 Å². The van der Waals surface area contributed by atoms with Crippen LogP contribution in [-0.2, 0) is 6.54 Å². The van der Waals surface area contributed by atoms with Gasteiger partial charge >= 0.3 is 5.69 Å². The topological polar surface area (TPSA) is 69.0 Å². The fraction of sp³-hybridized carbons (Fsp3) is 0.167. The van der Waals surface area contributed by atoms with E-state index < -0.39 is 0 Å². The van der Waals surface area contributed by atoms with E-state index in [4.69, 9.17) is 0 Å². The summed E-state index contributed by atoms with van der Waals surface area (Å²) in [4.78, 5) is 29.3. The van der Waals surface area contributed by atoms with E-state index in [9.17, 15) is 9.59 Å². The average molecular weight is 310 g/mol. The molecule has 0 atom stereocenters. The van der Waals surface area contributed by atoms with E-state index >= 15 is 0 Å². The molecule has 1 aromatic carbocycles. The van der Waals surface area contributed by atoms with Gasteiger partial charge in [-0.05, 0) is 11.6 Å². The highest BCUT2D eigenvalue weighted by Gasteiger charge is 2.14. The average Bonchev–Trinajstić information content (AvgIpc) is 2.78. The Kier molecular flexibility index (Phi) is 3.66. The van der Waals surface area contributed by atoms with Gasteiger partial charge in [-0.1, -0.05) is 34.1 Å². The Labute approximate surface area is 112 Å². The largest absolute Gasteiger partial charge is 0.336 e. The van der Waals surface area contributed by atoms with Crippen molar-refractivity contribution in [3.05, 3.63) is 56.7 Å². The van der Waals surface area contributed by atoms with Crippen molar-refractivity contribution in [1.82, 2.24) is 14.9 Å². The lowest BCUT2D eigenvalue weighted by atomic mass is 10.2. The molecule has 0 saturated carbocycles. The molecule has 1 heterocycles. The Morgan fingerprint density at radius 1 is 1.39 bits per heavy atom. The van der Waals surface area contributed by atoms with Gasteiger partial charge in [-0.15, -0.1) is 0 Å². The van der Waals surface area contributed by atoms with Gasteiger partial charge in [0.15, 0.2) is 0 Å². The third-order valence-electron chi connectivity index (χ3n) is 2.54. The molecule has 94 valence electrons. The molecule has 5 nitrogen and oxygen atoms in total. The van der Waals surface area contributed by atoms with Crippen LogP contribution in [0.2, 0.25) is 0 Å². The maximum Gasteiger partial charge on any atom is 0.323 e. The predicted molar refractivity (Wildman–Crippen MR) is 71.4 cm³/mol. The highest BCUT2D eigenvalue weighted by atomic mass is 79.9. The van der Waals surface area contributed by atoms with Crippen molar-refractivity contribution in [3.63, 3.8) is 0 Å². The SMILES string of the molecule is CN(Cc1ccccc1Br)C(=O)c1c[nH]c(=O)[nH]1. The molecule has 18 heavy (non-hydrogen) atoms. The smallest absolute Gasteiger partial charge is 0.323 e. The number of amides is 1. The number of benzene rings is 1.